The minimum absolute atomic E-state index is 0.0199. The minimum Gasteiger partial charge on any atom is -0.507 e. The van der Waals surface area contributed by atoms with E-state index in [1.54, 1.807) is 0 Å². The Morgan fingerprint density at radius 2 is 1.30 bits per heavy atom. The van der Waals surface area contributed by atoms with Crippen LogP contribution in [0.5, 0.6) is 11.5 Å². The number of aliphatic hydroxyl groups excluding tert-OH is 1. The van der Waals surface area contributed by atoms with E-state index in [0.29, 0.717) is 5.39 Å². The summed E-state index contributed by atoms with van der Waals surface area (Å²) in [5.74, 6) is -2.00. The number of carbonyl (C=O) groups is 2. The summed E-state index contributed by atoms with van der Waals surface area (Å²) in [7, 11) is 0. The van der Waals surface area contributed by atoms with E-state index >= 15 is 0 Å². The van der Waals surface area contributed by atoms with Crippen molar-refractivity contribution in [3.8, 4) is 11.5 Å². The summed E-state index contributed by atoms with van der Waals surface area (Å²) in [6.07, 6.45) is 0. The van der Waals surface area contributed by atoms with Crippen LogP contribution in [0.2, 0.25) is 0 Å². The fourth-order valence-corrected chi connectivity index (χ4v) is 2.35. The van der Waals surface area contributed by atoms with Gasteiger partial charge in [0.1, 0.15) is 17.3 Å². The Balaban J connectivity index is 2.48. The predicted molar refractivity (Wildman–Crippen MR) is 71.8 cm³/mol. The third-order valence-electron chi connectivity index (χ3n) is 3.51. The highest BCUT2D eigenvalue weighted by Crippen LogP contribution is 2.37. The molecule has 1 aliphatic carbocycles. The molecule has 2 aromatic rings. The van der Waals surface area contributed by atoms with Gasteiger partial charge in [0.25, 0.3) is 0 Å². The lowest BCUT2D eigenvalue weighted by Crippen LogP contribution is -2.22. The van der Waals surface area contributed by atoms with Crippen LogP contribution in [0.3, 0.4) is 0 Å². The zero-order valence-electron chi connectivity index (χ0n) is 10.5. The van der Waals surface area contributed by atoms with Crippen LogP contribution in [0.4, 0.5) is 0 Å². The summed E-state index contributed by atoms with van der Waals surface area (Å²) < 4.78 is 0. The van der Waals surface area contributed by atoms with Crippen LogP contribution in [0.15, 0.2) is 29.8 Å². The first-order valence-electron chi connectivity index (χ1n) is 5.89. The summed E-state index contributed by atoms with van der Waals surface area (Å²) in [5.41, 5.74) is 0.175. The van der Waals surface area contributed by atoms with Crippen LogP contribution < -0.4 is 0 Å². The van der Waals surface area contributed by atoms with Gasteiger partial charge >= 0.3 is 0 Å². The molecule has 3 N–H and O–H groups in total. The van der Waals surface area contributed by atoms with Crippen molar-refractivity contribution in [3.05, 3.63) is 41.0 Å². The highest BCUT2D eigenvalue weighted by molar-refractivity contribution is 6.52. The molecular formula is C15H10O5. The van der Waals surface area contributed by atoms with Crippen molar-refractivity contribution in [2.45, 2.75) is 6.92 Å². The zero-order chi connectivity index (χ0) is 14.6. The summed E-state index contributed by atoms with van der Waals surface area (Å²) in [6.45, 7) is 1.37. The summed E-state index contributed by atoms with van der Waals surface area (Å²) in [4.78, 5) is 23.7. The highest BCUT2D eigenvalue weighted by Gasteiger charge is 2.31. The topological polar surface area (TPSA) is 94.8 Å². The van der Waals surface area contributed by atoms with E-state index in [9.17, 15) is 24.9 Å². The van der Waals surface area contributed by atoms with Gasteiger partial charge in [0.2, 0.25) is 11.6 Å². The van der Waals surface area contributed by atoms with E-state index in [1.807, 2.05) is 0 Å². The molecule has 5 nitrogen and oxygen atoms in total. The van der Waals surface area contributed by atoms with Gasteiger partial charge in [0, 0.05) is 27.5 Å². The van der Waals surface area contributed by atoms with Crippen molar-refractivity contribution >= 4 is 28.1 Å². The number of aliphatic hydroxyl groups is 1. The van der Waals surface area contributed by atoms with E-state index in [2.05, 4.69) is 0 Å². The maximum atomic E-state index is 12.0. The van der Waals surface area contributed by atoms with E-state index in [-0.39, 0.29) is 39.3 Å². The monoisotopic (exact) mass is 270 g/mol. The number of hydrogen-bond donors (Lipinski definition) is 3. The molecule has 0 bridgehead atoms. The predicted octanol–water partition coefficient (Wildman–Crippen LogP) is 2.31. The second-order valence-corrected chi connectivity index (χ2v) is 4.68. The molecule has 0 radical (unpaired) electrons. The average Bonchev–Trinajstić information content (AvgIpc) is 2.45. The Bertz CT molecular complexity index is 830. The molecule has 0 amide bonds. The molecule has 2 aromatic carbocycles. The molecular weight excluding hydrogens is 260 g/mol. The van der Waals surface area contributed by atoms with Crippen molar-refractivity contribution < 1.29 is 24.9 Å². The van der Waals surface area contributed by atoms with Crippen LogP contribution in [-0.2, 0) is 4.79 Å². The number of hydrogen-bond acceptors (Lipinski definition) is 5. The normalized spacial score (nSPS) is 14.8. The van der Waals surface area contributed by atoms with E-state index in [4.69, 9.17) is 0 Å². The fourth-order valence-electron chi connectivity index (χ4n) is 2.35. The first kappa shape index (κ1) is 12.2. The second kappa shape index (κ2) is 3.84. The molecule has 0 saturated heterocycles. The lowest BCUT2D eigenvalue weighted by atomic mass is 9.87. The minimum atomic E-state index is -0.769. The van der Waals surface area contributed by atoms with Gasteiger partial charge < -0.3 is 15.3 Å². The third-order valence-corrected chi connectivity index (χ3v) is 3.51. The SMILES string of the molecule is CC1=C(O)c2cc3c(O)ccc(O)c3cc2C(=O)C1=O. The first-order valence-corrected chi connectivity index (χ1v) is 5.89. The molecule has 0 atom stereocenters. The molecule has 0 heterocycles. The summed E-state index contributed by atoms with van der Waals surface area (Å²) in [5, 5.41) is 30.1. The smallest absolute Gasteiger partial charge is 0.234 e. The van der Waals surface area contributed by atoms with Crippen molar-refractivity contribution in [2.75, 3.05) is 0 Å². The maximum absolute atomic E-state index is 12.0. The number of fused-ring (bicyclic) bond motifs is 2. The fraction of sp³-hybridized carbons (Fsp3) is 0.0667. The second-order valence-electron chi connectivity index (χ2n) is 4.68. The van der Waals surface area contributed by atoms with Gasteiger partial charge in [-0.1, -0.05) is 0 Å². The third kappa shape index (κ3) is 1.43. The standard InChI is InChI=1S/C15H10O5/c1-6-13(18)9-4-7-8(12(17)3-2-11(7)16)5-10(9)15(20)14(6)19/h2-5,16-18H,1H3. The molecule has 0 aliphatic heterocycles. The highest BCUT2D eigenvalue weighted by atomic mass is 16.3. The van der Waals surface area contributed by atoms with Gasteiger partial charge in [-0.05, 0) is 31.2 Å². The Labute approximate surface area is 113 Å². The number of phenolic OH excluding ortho intramolecular Hbond substituents is 2. The van der Waals surface area contributed by atoms with Gasteiger partial charge in [0.05, 0.1) is 0 Å². The van der Waals surface area contributed by atoms with E-state index in [1.165, 1.54) is 31.2 Å². The quantitative estimate of drug-likeness (QED) is 0.504. The molecule has 5 heteroatoms. The number of carbonyl (C=O) groups excluding carboxylic acids is 2. The molecule has 0 spiro atoms. The number of rotatable bonds is 0. The number of ketones is 2. The molecule has 20 heavy (non-hydrogen) atoms. The number of phenols is 2. The lowest BCUT2D eigenvalue weighted by Gasteiger charge is -2.17. The molecule has 1 aliphatic rings. The van der Waals surface area contributed by atoms with Crippen LogP contribution in [-0.4, -0.2) is 26.9 Å². The van der Waals surface area contributed by atoms with Crippen LogP contribution in [0, 0.1) is 0 Å². The molecule has 0 aromatic heterocycles. The zero-order valence-corrected chi connectivity index (χ0v) is 10.5. The Kier molecular flexibility index (Phi) is 2.34. The first-order chi connectivity index (χ1) is 9.41. The molecule has 0 unspecified atom stereocenters. The van der Waals surface area contributed by atoms with Gasteiger partial charge in [0.15, 0.2) is 0 Å². The van der Waals surface area contributed by atoms with Crippen LogP contribution in [0.1, 0.15) is 22.8 Å². The van der Waals surface area contributed by atoms with E-state index < -0.39 is 11.6 Å². The number of aromatic hydroxyl groups is 2. The maximum Gasteiger partial charge on any atom is 0.234 e. The van der Waals surface area contributed by atoms with Gasteiger partial charge in [-0.3, -0.25) is 9.59 Å². The Morgan fingerprint density at radius 1 is 0.800 bits per heavy atom. The number of allylic oxidation sites excluding steroid dienone is 1. The van der Waals surface area contributed by atoms with Crippen molar-refractivity contribution in [1.29, 1.82) is 0 Å². The summed E-state index contributed by atoms with van der Waals surface area (Å²) >= 11 is 0. The molecule has 0 saturated carbocycles. The Hall–Kier alpha value is -2.82. The molecule has 0 fully saturated rings. The molecule has 3 rings (SSSR count). The Morgan fingerprint density at radius 3 is 1.85 bits per heavy atom. The number of benzene rings is 2. The van der Waals surface area contributed by atoms with Crippen LogP contribution >= 0.6 is 0 Å². The number of Topliss-reactive ketones (excluding diaryl/α,β-unsaturated/α-hetero) is 2. The van der Waals surface area contributed by atoms with Gasteiger partial charge in [-0.25, -0.2) is 0 Å². The van der Waals surface area contributed by atoms with Crippen LogP contribution in [0.25, 0.3) is 16.5 Å². The van der Waals surface area contributed by atoms with Gasteiger partial charge in [-0.15, -0.1) is 0 Å². The molecule has 100 valence electrons. The van der Waals surface area contributed by atoms with Crippen molar-refractivity contribution in [2.24, 2.45) is 0 Å². The van der Waals surface area contributed by atoms with Crippen molar-refractivity contribution in [1.82, 2.24) is 0 Å². The van der Waals surface area contributed by atoms with E-state index in [0.717, 1.165) is 0 Å². The lowest BCUT2D eigenvalue weighted by molar-refractivity contribution is -0.111. The van der Waals surface area contributed by atoms with Gasteiger partial charge in [-0.2, -0.15) is 0 Å². The average molecular weight is 270 g/mol. The van der Waals surface area contributed by atoms with Crippen molar-refractivity contribution in [3.63, 3.8) is 0 Å². The summed E-state index contributed by atoms with van der Waals surface area (Å²) in [6, 6.07) is 5.30. The largest absolute Gasteiger partial charge is 0.507 e.